The number of nitrogens with zero attached hydrogens (tertiary/aromatic N) is 2. The number of primary amides is 1. The van der Waals surface area contributed by atoms with Gasteiger partial charge in [0.1, 0.15) is 11.9 Å². The van der Waals surface area contributed by atoms with Crippen LogP contribution in [0.25, 0.3) is 0 Å². The Kier molecular flexibility index (Phi) is 4.57. The van der Waals surface area contributed by atoms with Crippen molar-refractivity contribution in [3.05, 3.63) is 35.6 Å². The quantitative estimate of drug-likeness (QED) is 0.898. The molecule has 0 unspecified atom stereocenters. The SMILES string of the molecule is CC(C)N1CCN(C(=O)c2ccc(F)cc2)[C@H](C(N)=O)C1. The Balaban J connectivity index is 2.19. The van der Waals surface area contributed by atoms with E-state index in [0.717, 1.165) is 0 Å². The molecule has 6 heteroatoms. The van der Waals surface area contributed by atoms with Crippen molar-refractivity contribution in [3.63, 3.8) is 0 Å². The minimum absolute atomic E-state index is 0.287. The Morgan fingerprint density at radius 2 is 1.86 bits per heavy atom. The van der Waals surface area contributed by atoms with Crippen LogP contribution < -0.4 is 5.73 Å². The van der Waals surface area contributed by atoms with E-state index in [1.165, 1.54) is 29.2 Å². The minimum Gasteiger partial charge on any atom is -0.368 e. The zero-order chi connectivity index (χ0) is 15.6. The lowest BCUT2D eigenvalue weighted by atomic mass is 10.1. The van der Waals surface area contributed by atoms with Gasteiger partial charge in [-0.2, -0.15) is 0 Å². The van der Waals surface area contributed by atoms with Gasteiger partial charge in [0.25, 0.3) is 5.91 Å². The van der Waals surface area contributed by atoms with Crippen molar-refractivity contribution in [3.8, 4) is 0 Å². The van der Waals surface area contributed by atoms with Gasteiger partial charge in [0.15, 0.2) is 0 Å². The lowest BCUT2D eigenvalue weighted by Gasteiger charge is -2.41. The molecule has 1 saturated heterocycles. The molecule has 2 amide bonds. The van der Waals surface area contributed by atoms with Crippen LogP contribution in [0.4, 0.5) is 4.39 Å². The highest BCUT2D eigenvalue weighted by Gasteiger charge is 2.35. The summed E-state index contributed by atoms with van der Waals surface area (Å²) in [7, 11) is 0. The first kappa shape index (κ1) is 15.4. The zero-order valence-electron chi connectivity index (χ0n) is 12.3. The molecular weight excluding hydrogens is 273 g/mol. The van der Waals surface area contributed by atoms with Gasteiger partial charge in [-0.25, -0.2) is 4.39 Å². The molecule has 0 radical (unpaired) electrons. The lowest BCUT2D eigenvalue weighted by molar-refractivity contribution is -0.124. The van der Waals surface area contributed by atoms with Gasteiger partial charge in [0.05, 0.1) is 0 Å². The average Bonchev–Trinajstić information content (AvgIpc) is 2.46. The molecule has 1 atom stereocenters. The van der Waals surface area contributed by atoms with E-state index in [-0.39, 0.29) is 11.9 Å². The van der Waals surface area contributed by atoms with Gasteiger partial charge < -0.3 is 10.6 Å². The van der Waals surface area contributed by atoms with Crippen molar-refractivity contribution in [2.45, 2.75) is 25.9 Å². The highest BCUT2D eigenvalue weighted by Crippen LogP contribution is 2.16. The van der Waals surface area contributed by atoms with Crippen molar-refractivity contribution < 1.29 is 14.0 Å². The van der Waals surface area contributed by atoms with E-state index < -0.39 is 17.8 Å². The fourth-order valence-electron chi connectivity index (χ4n) is 2.52. The van der Waals surface area contributed by atoms with Crippen molar-refractivity contribution in [2.75, 3.05) is 19.6 Å². The Bertz CT molecular complexity index is 530. The minimum atomic E-state index is -0.654. The summed E-state index contributed by atoms with van der Waals surface area (Å²) in [6, 6.07) is 4.94. The number of carbonyl (C=O) groups excluding carboxylic acids is 2. The fourth-order valence-corrected chi connectivity index (χ4v) is 2.52. The summed E-state index contributed by atoms with van der Waals surface area (Å²) in [5.74, 6) is -1.21. The van der Waals surface area contributed by atoms with Gasteiger partial charge in [-0.05, 0) is 38.1 Å². The summed E-state index contributed by atoms with van der Waals surface area (Å²) in [5.41, 5.74) is 5.80. The highest BCUT2D eigenvalue weighted by molar-refractivity contribution is 5.97. The van der Waals surface area contributed by atoms with E-state index in [4.69, 9.17) is 5.73 Å². The Morgan fingerprint density at radius 1 is 1.24 bits per heavy atom. The number of benzene rings is 1. The number of hydrogen-bond acceptors (Lipinski definition) is 3. The first-order valence-electron chi connectivity index (χ1n) is 7.00. The molecule has 1 aromatic carbocycles. The third kappa shape index (κ3) is 3.39. The molecular formula is C15H20FN3O2. The van der Waals surface area contributed by atoms with Crippen molar-refractivity contribution >= 4 is 11.8 Å². The van der Waals surface area contributed by atoms with Crippen LogP contribution in [0.3, 0.4) is 0 Å². The summed E-state index contributed by atoms with van der Waals surface area (Å²) < 4.78 is 12.9. The highest BCUT2D eigenvalue weighted by atomic mass is 19.1. The summed E-state index contributed by atoms with van der Waals surface area (Å²) in [6.07, 6.45) is 0. The summed E-state index contributed by atoms with van der Waals surface area (Å²) in [6.45, 7) is 5.63. The molecule has 0 aliphatic carbocycles. The molecule has 0 bridgehead atoms. The fraction of sp³-hybridized carbons (Fsp3) is 0.467. The number of nitrogens with two attached hydrogens (primary N) is 1. The largest absolute Gasteiger partial charge is 0.368 e. The maximum absolute atomic E-state index is 12.9. The van der Waals surface area contributed by atoms with Gasteiger partial charge in [0, 0.05) is 31.2 Å². The molecule has 2 rings (SSSR count). The van der Waals surface area contributed by atoms with E-state index in [9.17, 15) is 14.0 Å². The van der Waals surface area contributed by atoms with Crippen molar-refractivity contribution in [1.82, 2.24) is 9.80 Å². The average molecular weight is 293 g/mol. The molecule has 114 valence electrons. The van der Waals surface area contributed by atoms with Crippen LogP contribution in [-0.4, -0.2) is 53.3 Å². The maximum Gasteiger partial charge on any atom is 0.254 e. The second kappa shape index (κ2) is 6.22. The van der Waals surface area contributed by atoms with E-state index in [0.29, 0.717) is 25.2 Å². The van der Waals surface area contributed by atoms with Gasteiger partial charge in [-0.15, -0.1) is 0 Å². The summed E-state index contributed by atoms with van der Waals surface area (Å²) >= 11 is 0. The molecule has 2 N–H and O–H groups in total. The number of amides is 2. The number of hydrogen-bond donors (Lipinski definition) is 1. The van der Waals surface area contributed by atoms with Crippen molar-refractivity contribution in [2.24, 2.45) is 5.73 Å². The molecule has 0 aromatic heterocycles. The van der Waals surface area contributed by atoms with Crippen LogP contribution in [0.5, 0.6) is 0 Å². The Hall–Kier alpha value is -1.95. The number of rotatable bonds is 3. The van der Waals surface area contributed by atoms with E-state index in [1.54, 1.807) is 0 Å². The third-order valence-corrected chi connectivity index (χ3v) is 3.82. The molecule has 1 aliphatic rings. The second-order valence-electron chi connectivity index (χ2n) is 5.51. The molecule has 21 heavy (non-hydrogen) atoms. The summed E-state index contributed by atoms with van der Waals surface area (Å²) in [5, 5.41) is 0. The standard InChI is InChI=1S/C15H20FN3O2/c1-10(2)18-7-8-19(13(9-18)14(17)20)15(21)11-3-5-12(16)6-4-11/h3-6,10,13H,7-9H2,1-2H3,(H2,17,20)/t13-/m0/s1. The van der Waals surface area contributed by atoms with E-state index in [2.05, 4.69) is 4.90 Å². The maximum atomic E-state index is 12.9. The molecule has 1 aromatic rings. The monoisotopic (exact) mass is 293 g/mol. The van der Waals surface area contributed by atoms with E-state index in [1.807, 2.05) is 13.8 Å². The molecule has 5 nitrogen and oxygen atoms in total. The molecule has 0 saturated carbocycles. The number of piperazine rings is 1. The lowest BCUT2D eigenvalue weighted by Crippen LogP contribution is -2.60. The normalized spacial score (nSPS) is 19.8. The molecule has 1 fully saturated rings. The van der Waals surface area contributed by atoms with E-state index >= 15 is 0 Å². The van der Waals surface area contributed by atoms with Crippen LogP contribution in [-0.2, 0) is 4.79 Å². The number of halogens is 1. The summed E-state index contributed by atoms with van der Waals surface area (Å²) in [4.78, 5) is 27.7. The van der Waals surface area contributed by atoms with Crippen LogP contribution in [0.15, 0.2) is 24.3 Å². The third-order valence-electron chi connectivity index (χ3n) is 3.82. The van der Waals surface area contributed by atoms with Crippen LogP contribution >= 0.6 is 0 Å². The van der Waals surface area contributed by atoms with Gasteiger partial charge in [-0.1, -0.05) is 0 Å². The molecule has 1 heterocycles. The van der Waals surface area contributed by atoms with Crippen LogP contribution in [0.2, 0.25) is 0 Å². The first-order valence-corrected chi connectivity index (χ1v) is 7.00. The van der Waals surface area contributed by atoms with Gasteiger partial charge in [-0.3, -0.25) is 14.5 Å². The predicted molar refractivity (Wildman–Crippen MR) is 77.1 cm³/mol. The molecule has 0 spiro atoms. The Labute approximate surface area is 123 Å². The van der Waals surface area contributed by atoms with Crippen molar-refractivity contribution in [1.29, 1.82) is 0 Å². The van der Waals surface area contributed by atoms with Crippen LogP contribution in [0, 0.1) is 5.82 Å². The smallest absolute Gasteiger partial charge is 0.254 e. The van der Waals surface area contributed by atoms with Crippen LogP contribution in [0.1, 0.15) is 24.2 Å². The first-order chi connectivity index (χ1) is 9.90. The predicted octanol–water partition coefficient (Wildman–Crippen LogP) is 0.846. The zero-order valence-corrected chi connectivity index (χ0v) is 12.3. The topological polar surface area (TPSA) is 66.6 Å². The Morgan fingerprint density at radius 3 is 2.38 bits per heavy atom. The van der Waals surface area contributed by atoms with Gasteiger partial charge >= 0.3 is 0 Å². The number of carbonyl (C=O) groups is 2. The second-order valence-corrected chi connectivity index (χ2v) is 5.51. The van der Waals surface area contributed by atoms with Gasteiger partial charge in [0.2, 0.25) is 5.91 Å². The molecule has 1 aliphatic heterocycles.